The Hall–Kier alpha value is -0.730. The fraction of sp³-hybridized carbons (Fsp3) is 0.400. The van der Waals surface area contributed by atoms with Crippen molar-refractivity contribution >= 4 is 11.6 Å². The van der Waals surface area contributed by atoms with E-state index in [1.54, 1.807) is 12.1 Å². The molecule has 0 saturated heterocycles. The van der Waals surface area contributed by atoms with E-state index in [0.29, 0.717) is 23.8 Å². The maximum absolute atomic E-state index is 8.54. The molecule has 0 heterocycles. The Morgan fingerprint density at radius 1 is 1.62 bits per heavy atom. The van der Waals surface area contributed by atoms with Gasteiger partial charge in [-0.15, -0.1) is 0 Å². The van der Waals surface area contributed by atoms with Crippen molar-refractivity contribution in [1.29, 1.82) is 0 Å². The van der Waals surface area contributed by atoms with Gasteiger partial charge in [0.25, 0.3) is 0 Å². The molecular weight excluding hydrogens is 188 g/mol. The topological polar surface area (TPSA) is 29.5 Å². The molecule has 0 amide bonds. The van der Waals surface area contributed by atoms with Crippen molar-refractivity contribution in [3.05, 3.63) is 28.8 Å². The highest BCUT2D eigenvalue weighted by Gasteiger charge is 2.00. The fourth-order valence-corrected chi connectivity index (χ4v) is 1.18. The van der Waals surface area contributed by atoms with Crippen molar-refractivity contribution in [2.75, 3.05) is 13.2 Å². The van der Waals surface area contributed by atoms with Gasteiger partial charge in [0.2, 0.25) is 0 Å². The van der Waals surface area contributed by atoms with Crippen LogP contribution < -0.4 is 4.74 Å². The first-order valence-corrected chi connectivity index (χ1v) is 4.53. The van der Waals surface area contributed by atoms with Crippen LogP contribution in [0.15, 0.2) is 12.1 Å². The smallest absolute Gasteiger partial charge is 0.138 e. The molecule has 0 atom stereocenters. The van der Waals surface area contributed by atoms with Gasteiger partial charge in [-0.1, -0.05) is 11.6 Å². The summed E-state index contributed by atoms with van der Waals surface area (Å²) < 4.78 is 5.31. The van der Waals surface area contributed by atoms with Gasteiger partial charge in [0.15, 0.2) is 0 Å². The third kappa shape index (κ3) is 3.25. The van der Waals surface area contributed by atoms with Crippen molar-refractivity contribution in [2.24, 2.45) is 0 Å². The van der Waals surface area contributed by atoms with Gasteiger partial charge < -0.3 is 9.84 Å². The van der Waals surface area contributed by atoms with Crippen LogP contribution in [0.2, 0.25) is 5.02 Å². The van der Waals surface area contributed by atoms with E-state index in [1.165, 1.54) is 0 Å². The Kier molecular flexibility index (Phi) is 4.06. The lowest BCUT2D eigenvalue weighted by atomic mass is 10.2. The SMILES string of the molecule is Cc1[c]cc(OCCCO)c(Cl)c1. The molecule has 71 valence electrons. The first-order valence-electron chi connectivity index (χ1n) is 4.15. The zero-order chi connectivity index (χ0) is 9.68. The summed E-state index contributed by atoms with van der Waals surface area (Å²) in [5.41, 5.74) is 0.986. The number of hydrogen-bond acceptors (Lipinski definition) is 2. The van der Waals surface area contributed by atoms with Crippen LogP contribution in [0.1, 0.15) is 12.0 Å². The van der Waals surface area contributed by atoms with E-state index in [1.807, 2.05) is 6.92 Å². The summed E-state index contributed by atoms with van der Waals surface area (Å²) in [7, 11) is 0. The molecule has 0 aliphatic carbocycles. The van der Waals surface area contributed by atoms with E-state index in [4.69, 9.17) is 21.4 Å². The standard InChI is InChI=1S/C10H12ClO2/c1-8-3-4-10(9(11)7-8)13-6-2-5-12/h4,7,12H,2,5-6H2,1H3. The number of aryl methyl sites for hydroxylation is 1. The first kappa shape index (κ1) is 10.4. The van der Waals surface area contributed by atoms with Crippen LogP contribution >= 0.6 is 11.6 Å². The molecule has 0 aliphatic heterocycles. The average Bonchev–Trinajstić information content (AvgIpc) is 2.09. The number of ether oxygens (including phenoxy) is 1. The molecule has 1 aromatic rings. The minimum Gasteiger partial charge on any atom is -0.492 e. The average molecular weight is 200 g/mol. The Balaban J connectivity index is 2.56. The second-order valence-electron chi connectivity index (χ2n) is 2.75. The molecule has 0 aromatic heterocycles. The summed E-state index contributed by atoms with van der Waals surface area (Å²) in [6.45, 7) is 2.53. The molecule has 0 fully saturated rings. The van der Waals surface area contributed by atoms with Crippen LogP contribution in [0.5, 0.6) is 5.75 Å². The second kappa shape index (κ2) is 5.10. The van der Waals surface area contributed by atoms with Crippen LogP contribution in [0, 0.1) is 13.0 Å². The normalized spacial score (nSPS) is 10.1. The Bertz CT molecular complexity index is 274. The molecule has 1 radical (unpaired) electrons. The quantitative estimate of drug-likeness (QED) is 0.754. The van der Waals surface area contributed by atoms with Gasteiger partial charge in [0.05, 0.1) is 11.6 Å². The minimum atomic E-state index is 0.132. The maximum atomic E-state index is 8.54. The first-order chi connectivity index (χ1) is 6.24. The van der Waals surface area contributed by atoms with Crippen LogP contribution in [0.3, 0.4) is 0 Å². The molecule has 13 heavy (non-hydrogen) atoms. The van der Waals surface area contributed by atoms with E-state index in [-0.39, 0.29) is 6.61 Å². The Morgan fingerprint density at radius 2 is 2.38 bits per heavy atom. The summed E-state index contributed by atoms with van der Waals surface area (Å²) >= 11 is 5.90. The lowest BCUT2D eigenvalue weighted by Gasteiger charge is -2.06. The third-order valence-corrected chi connectivity index (χ3v) is 1.86. The predicted octanol–water partition coefficient (Wildman–Crippen LogP) is 2.21. The molecule has 0 bridgehead atoms. The summed E-state index contributed by atoms with van der Waals surface area (Å²) in [5, 5.41) is 9.13. The maximum Gasteiger partial charge on any atom is 0.138 e. The zero-order valence-electron chi connectivity index (χ0n) is 7.51. The lowest BCUT2D eigenvalue weighted by Crippen LogP contribution is -2.00. The van der Waals surface area contributed by atoms with E-state index >= 15 is 0 Å². The molecule has 1 rings (SSSR count). The van der Waals surface area contributed by atoms with Gasteiger partial charge in [-0.2, -0.15) is 0 Å². The van der Waals surface area contributed by atoms with Crippen molar-refractivity contribution < 1.29 is 9.84 Å². The van der Waals surface area contributed by atoms with Crippen molar-refractivity contribution in [3.63, 3.8) is 0 Å². The number of aliphatic hydroxyl groups excluding tert-OH is 1. The van der Waals surface area contributed by atoms with Gasteiger partial charge in [-0.3, -0.25) is 0 Å². The van der Waals surface area contributed by atoms with Crippen molar-refractivity contribution in [1.82, 2.24) is 0 Å². The number of halogens is 1. The van der Waals surface area contributed by atoms with E-state index in [9.17, 15) is 0 Å². The van der Waals surface area contributed by atoms with Gasteiger partial charge in [-0.25, -0.2) is 0 Å². The molecular formula is C10H12ClO2. The molecule has 2 nitrogen and oxygen atoms in total. The molecule has 1 aromatic carbocycles. The second-order valence-corrected chi connectivity index (χ2v) is 3.16. The molecule has 0 aliphatic rings. The van der Waals surface area contributed by atoms with Crippen molar-refractivity contribution in [2.45, 2.75) is 13.3 Å². The van der Waals surface area contributed by atoms with Crippen LogP contribution in [-0.2, 0) is 0 Å². The Labute approximate surface area is 83.1 Å². The number of aliphatic hydroxyl groups is 1. The monoisotopic (exact) mass is 199 g/mol. The third-order valence-electron chi connectivity index (χ3n) is 1.57. The van der Waals surface area contributed by atoms with Gasteiger partial charge in [0.1, 0.15) is 5.75 Å². The number of benzene rings is 1. The largest absolute Gasteiger partial charge is 0.492 e. The molecule has 0 unspecified atom stereocenters. The molecule has 3 heteroatoms. The highest BCUT2D eigenvalue weighted by Crippen LogP contribution is 2.24. The number of rotatable bonds is 4. The minimum absolute atomic E-state index is 0.132. The van der Waals surface area contributed by atoms with E-state index < -0.39 is 0 Å². The predicted molar refractivity (Wildman–Crippen MR) is 52.2 cm³/mol. The summed E-state index contributed by atoms with van der Waals surface area (Å²) in [4.78, 5) is 0. The zero-order valence-corrected chi connectivity index (χ0v) is 8.27. The van der Waals surface area contributed by atoms with Gasteiger partial charge >= 0.3 is 0 Å². The van der Waals surface area contributed by atoms with Gasteiger partial charge in [0, 0.05) is 13.0 Å². The summed E-state index contributed by atoms with van der Waals surface area (Å²) in [5.74, 6) is 0.626. The van der Waals surface area contributed by atoms with Gasteiger partial charge in [-0.05, 0) is 30.7 Å². The highest BCUT2D eigenvalue weighted by atomic mass is 35.5. The van der Waals surface area contributed by atoms with E-state index in [2.05, 4.69) is 6.07 Å². The van der Waals surface area contributed by atoms with Crippen molar-refractivity contribution in [3.8, 4) is 5.75 Å². The highest BCUT2D eigenvalue weighted by molar-refractivity contribution is 6.32. The fourth-order valence-electron chi connectivity index (χ4n) is 0.908. The Morgan fingerprint density at radius 3 is 3.00 bits per heavy atom. The van der Waals surface area contributed by atoms with Crippen LogP contribution in [0.4, 0.5) is 0 Å². The van der Waals surface area contributed by atoms with Crippen LogP contribution in [0.25, 0.3) is 0 Å². The molecule has 1 N–H and O–H groups in total. The summed E-state index contributed by atoms with van der Waals surface area (Å²) in [6, 6.07) is 6.51. The van der Waals surface area contributed by atoms with E-state index in [0.717, 1.165) is 5.56 Å². The summed E-state index contributed by atoms with van der Waals surface area (Å²) in [6.07, 6.45) is 0.615. The molecule has 0 saturated carbocycles. The number of hydrogen-bond donors (Lipinski definition) is 1. The van der Waals surface area contributed by atoms with Crippen LogP contribution in [-0.4, -0.2) is 18.3 Å². The molecule has 0 spiro atoms. The lowest BCUT2D eigenvalue weighted by molar-refractivity contribution is 0.233.